The summed E-state index contributed by atoms with van der Waals surface area (Å²) in [7, 11) is 0. The summed E-state index contributed by atoms with van der Waals surface area (Å²) < 4.78 is 0.991. The van der Waals surface area contributed by atoms with Crippen molar-refractivity contribution in [3.8, 4) is 0 Å². The number of nitrogens with zero attached hydrogens (tertiary/aromatic N) is 3. The number of nitro groups is 1. The number of non-ortho nitro benzene ring substituents is 1. The number of fused-ring (bicyclic) bond motifs is 1. The molecule has 0 aliphatic carbocycles. The molecule has 29 heavy (non-hydrogen) atoms. The van der Waals surface area contributed by atoms with E-state index in [1.54, 1.807) is 11.0 Å². The van der Waals surface area contributed by atoms with E-state index in [2.05, 4.69) is 0 Å². The zero-order chi connectivity index (χ0) is 20.4. The lowest BCUT2D eigenvalue weighted by atomic mass is 10.1. The predicted molar refractivity (Wildman–Crippen MR) is 114 cm³/mol. The van der Waals surface area contributed by atoms with Crippen molar-refractivity contribution < 1.29 is 9.72 Å². The van der Waals surface area contributed by atoms with Crippen molar-refractivity contribution in [1.82, 2.24) is 4.98 Å². The maximum atomic E-state index is 13.4. The van der Waals surface area contributed by atoms with Gasteiger partial charge in [0.25, 0.3) is 11.6 Å². The second kappa shape index (κ2) is 7.81. The second-order valence-corrected chi connectivity index (χ2v) is 7.61. The quantitative estimate of drug-likeness (QED) is 0.332. The SMILES string of the molecule is Cc1cccc2sc(N(Cc3ccccc3)C(=O)c3cccc([N+](=O)[O-])c3)nc12. The number of nitro benzene ring substituents is 1. The molecule has 1 heterocycles. The Hall–Kier alpha value is -3.58. The molecule has 4 rings (SSSR count). The maximum absolute atomic E-state index is 13.4. The van der Waals surface area contributed by atoms with E-state index in [1.165, 1.54) is 29.5 Å². The summed E-state index contributed by atoms with van der Waals surface area (Å²) >= 11 is 1.43. The number of rotatable bonds is 5. The van der Waals surface area contributed by atoms with Crippen LogP contribution in [0.1, 0.15) is 21.5 Å². The Kier molecular flexibility index (Phi) is 5.05. The van der Waals surface area contributed by atoms with Crippen LogP contribution in [0.2, 0.25) is 0 Å². The van der Waals surface area contributed by atoms with Crippen LogP contribution in [-0.4, -0.2) is 15.8 Å². The van der Waals surface area contributed by atoms with Crippen LogP contribution < -0.4 is 4.90 Å². The van der Waals surface area contributed by atoms with Crippen LogP contribution >= 0.6 is 11.3 Å². The molecular formula is C22H17N3O3S. The van der Waals surface area contributed by atoms with Crippen LogP contribution in [-0.2, 0) is 6.54 Å². The molecule has 0 fully saturated rings. The molecule has 7 heteroatoms. The summed E-state index contributed by atoms with van der Waals surface area (Å²) in [6, 6.07) is 21.3. The van der Waals surface area contributed by atoms with Crippen LogP contribution in [0.4, 0.5) is 10.8 Å². The fourth-order valence-corrected chi connectivity index (χ4v) is 4.13. The van der Waals surface area contributed by atoms with Gasteiger partial charge in [-0.1, -0.05) is 59.9 Å². The van der Waals surface area contributed by atoms with Gasteiger partial charge in [-0.3, -0.25) is 19.8 Å². The molecule has 0 N–H and O–H groups in total. The predicted octanol–water partition coefficient (Wildman–Crippen LogP) is 5.36. The summed E-state index contributed by atoms with van der Waals surface area (Å²) in [5.41, 5.74) is 2.98. The zero-order valence-corrected chi connectivity index (χ0v) is 16.4. The minimum atomic E-state index is -0.501. The lowest BCUT2D eigenvalue weighted by molar-refractivity contribution is -0.384. The minimum Gasteiger partial charge on any atom is -0.279 e. The highest BCUT2D eigenvalue weighted by atomic mass is 32.1. The molecule has 0 aliphatic heterocycles. The number of hydrogen-bond acceptors (Lipinski definition) is 5. The molecule has 6 nitrogen and oxygen atoms in total. The normalized spacial score (nSPS) is 10.8. The van der Waals surface area contributed by atoms with E-state index < -0.39 is 4.92 Å². The molecule has 0 unspecified atom stereocenters. The van der Waals surface area contributed by atoms with E-state index >= 15 is 0 Å². The molecule has 0 saturated heterocycles. The zero-order valence-electron chi connectivity index (χ0n) is 15.6. The molecule has 0 atom stereocenters. The van der Waals surface area contributed by atoms with Gasteiger partial charge in [0, 0.05) is 17.7 Å². The van der Waals surface area contributed by atoms with Crippen LogP contribution in [0.25, 0.3) is 10.2 Å². The lowest BCUT2D eigenvalue weighted by Crippen LogP contribution is -2.30. The van der Waals surface area contributed by atoms with Crippen LogP contribution in [0.15, 0.2) is 72.8 Å². The monoisotopic (exact) mass is 403 g/mol. The third-order valence-corrected chi connectivity index (χ3v) is 5.62. The van der Waals surface area contributed by atoms with E-state index in [0.717, 1.165) is 21.3 Å². The highest BCUT2D eigenvalue weighted by molar-refractivity contribution is 7.22. The molecule has 1 amide bonds. The third-order valence-electron chi connectivity index (χ3n) is 4.57. The van der Waals surface area contributed by atoms with Gasteiger partial charge in [0.1, 0.15) is 0 Å². The van der Waals surface area contributed by atoms with E-state index in [0.29, 0.717) is 11.7 Å². The molecule has 3 aromatic carbocycles. The second-order valence-electron chi connectivity index (χ2n) is 6.60. The third kappa shape index (κ3) is 3.86. The average molecular weight is 403 g/mol. The molecule has 144 valence electrons. The lowest BCUT2D eigenvalue weighted by Gasteiger charge is -2.20. The first-order chi connectivity index (χ1) is 14.0. The van der Waals surface area contributed by atoms with Gasteiger partial charge < -0.3 is 0 Å². The number of para-hydroxylation sites is 1. The van der Waals surface area contributed by atoms with Gasteiger partial charge in [0.15, 0.2) is 5.13 Å². The van der Waals surface area contributed by atoms with Gasteiger partial charge in [-0.25, -0.2) is 4.98 Å². The average Bonchev–Trinajstić information content (AvgIpc) is 3.18. The number of carbonyl (C=O) groups excluding carboxylic acids is 1. The first kappa shape index (κ1) is 18.8. The molecule has 0 aliphatic rings. The fourth-order valence-electron chi connectivity index (χ4n) is 3.09. The Morgan fingerprint density at radius 1 is 1.07 bits per heavy atom. The van der Waals surface area contributed by atoms with Gasteiger partial charge in [-0.15, -0.1) is 0 Å². The fraction of sp³-hybridized carbons (Fsp3) is 0.0909. The van der Waals surface area contributed by atoms with Gasteiger partial charge >= 0.3 is 0 Å². The van der Waals surface area contributed by atoms with Crippen LogP contribution in [0.5, 0.6) is 0 Å². The Labute approximate surface area is 171 Å². The van der Waals surface area contributed by atoms with Gasteiger partial charge in [-0.05, 0) is 30.2 Å². The van der Waals surface area contributed by atoms with E-state index in [-0.39, 0.29) is 17.2 Å². The maximum Gasteiger partial charge on any atom is 0.270 e. The van der Waals surface area contributed by atoms with Crippen LogP contribution in [0, 0.1) is 17.0 Å². The number of benzene rings is 3. The summed E-state index contributed by atoms with van der Waals surface area (Å²) in [5.74, 6) is -0.325. The number of aryl methyl sites for hydroxylation is 1. The molecule has 4 aromatic rings. The van der Waals surface area contributed by atoms with Crippen molar-refractivity contribution >= 4 is 38.3 Å². The highest BCUT2D eigenvalue weighted by Crippen LogP contribution is 2.32. The first-order valence-electron chi connectivity index (χ1n) is 8.99. The molecule has 0 bridgehead atoms. The highest BCUT2D eigenvalue weighted by Gasteiger charge is 2.23. The Morgan fingerprint density at radius 3 is 2.55 bits per heavy atom. The first-order valence-corrected chi connectivity index (χ1v) is 9.81. The number of hydrogen-bond donors (Lipinski definition) is 0. The number of thiazole rings is 1. The smallest absolute Gasteiger partial charge is 0.270 e. The van der Waals surface area contributed by atoms with E-state index in [4.69, 9.17) is 4.98 Å². The van der Waals surface area contributed by atoms with Gasteiger partial charge in [0.05, 0.1) is 21.7 Å². The number of anilines is 1. The van der Waals surface area contributed by atoms with Gasteiger partial charge in [0.2, 0.25) is 0 Å². The van der Waals surface area contributed by atoms with Crippen molar-refractivity contribution in [2.45, 2.75) is 13.5 Å². The van der Waals surface area contributed by atoms with Crippen molar-refractivity contribution in [2.75, 3.05) is 4.90 Å². The standard InChI is InChI=1S/C22H17N3O3S/c1-15-7-5-12-19-20(15)23-22(29-19)24(14-16-8-3-2-4-9-16)21(26)17-10-6-11-18(13-17)25(27)28/h2-13H,14H2,1H3. The number of carbonyl (C=O) groups is 1. The Morgan fingerprint density at radius 2 is 1.83 bits per heavy atom. The van der Waals surface area contributed by atoms with Crippen molar-refractivity contribution in [3.63, 3.8) is 0 Å². The Balaban J connectivity index is 1.79. The van der Waals surface area contributed by atoms with Crippen LogP contribution in [0.3, 0.4) is 0 Å². The largest absolute Gasteiger partial charge is 0.279 e. The molecule has 0 spiro atoms. The van der Waals surface area contributed by atoms with E-state index in [1.807, 2.05) is 55.5 Å². The van der Waals surface area contributed by atoms with Gasteiger partial charge in [-0.2, -0.15) is 0 Å². The number of amides is 1. The molecule has 1 aromatic heterocycles. The van der Waals surface area contributed by atoms with Crippen molar-refractivity contribution in [3.05, 3.63) is 99.6 Å². The summed E-state index contributed by atoms with van der Waals surface area (Å²) in [6.45, 7) is 2.30. The molecule has 0 saturated carbocycles. The molecule has 0 radical (unpaired) electrons. The summed E-state index contributed by atoms with van der Waals surface area (Å²) in [4.78, 5) is 30.3. The minimum absolute atomic E-state index is 0.115. The summed E-state index contributed by atoms with van der Waals surface area (Å²) in [5, 5.41) is 11.7. The topological polar surface area (TPSA) is 76.3 Å². The number of aromatic nitrogens is 1. The van der Waals surface area contributed by atoms with Crippen molar-refractivity contribution in [2.24, 2.45) is 0 Å². The van der Waals surface area contributed by atoms with E-state index in [9.17, 15) is 14.9 Å². The van der Waals surface area contributed by atoms with Crippen molar-refractivity contribution in [1.29, 1.82) is 0 Å². The Bertz CT molecular complexity index is 1200. The molecular weight excluding hydrogens is 386 g/mol. The summed E-state index contributed by atoms with van der Waals surface area (Å²) in [6.07, 6.45) is 0.